The van der Waals surface area contributed by atoms with Gasteiger partial charge in [0, 0.05) is 18.3 Å². The molecule has 4 heteroatoms. The molecule has 1 aliphatic rings. The molecule has 2 rings (SSSR count). The fourth-order valence-corrected chi connectivity index (χ4v) is 2.57. The summed E-state index contributed by atoms with van der Waals surface area (Å²) in [4.78, 5) is 6.76. The zero-order valence-corrected chi connectivity index (χ0v) is 11.4. The fraction of sp³-hybridized carbons (Fsp3) is 0.643. The normalized spacial score (nSPS) is 20.4. The Labute approximate surface area is 110 Å². The van der Waals surface area contributed by atoms with Gasteiger partial charge in [-0.15, -0.1) is 0 Å². The molecule has 1 saturated heterocycles. The summed E-state index contributed by atoms with van der Waals surface area (Å²) in [5.41, 5.74) is 4.34. The number of hydrogen-bond acceptors (Lipinski definition) is 4. The minimum Gasteiger partial charge on any atom is -0.308 e. The fourth-order valence-electron chi connectivity index (χ4n) is 2.57. The summed E-state index contributed by atoms with van der Waals surface area (Å²) in [7, 11) is 0. The molecule has 0 aliphatic carbocycles. The first-order valence-electron chi connectivity index (χ1n) is 6.74. The maximum atomic E-state index is 5.50. The minimum absolute atomic E-state index is 0.485. The van der Waals surface area contributed by atoms with Crippen LogP contribution in [0.2, 0.25) is 0 Å². The first kappa shape index (κ1) is 13.3. The van der Waals surface area contributed by atoms with Crippen LogP contribution in [-0.2, 0) is 6.54 Å². The number of likely N-dealkylation sites (tertiary alicyclic amines) is 1. The van der Waals surface area contributed by atoms with Gasteiger partial charge < -0.3 is 5.43 Å². The van der Waals surface area contributed by atoms with Crippen LogP contribution >= 0.6 is 0 Å². The van der Waals surface area contributed by atoms with Gasteiger partial charge in [-0.2, -0.15) is 0 Å². The maximum absolute atomic E-state index is 5.50. The van der Waals surface area contributed by atoms with Crippen molar-refractivity contribution in [3.05, 3.63) is 23.9 Å². The summed E-state index contributed by atoms with van der Waals surface area (Å²) >= 11 is 0. The highest BCUT2D eigenvalue weighted by Crippen LogP contribution is 2.30. The molecule has 1 aromatic heterocycles. The minimum atomic E-state index is 0.485. The van der Waals surface area contributed by atoms with Crippen LogP contribution in [0.4, 0.5) is 5.82 Å². The molecule has 1 aromatic rings. The number of nitrogens with one attached hydrogen (secondary N) is 1. The van der Waals surface area contributed by atoms with Crippen molar-refractivity contribution in [1.82, 2.24) is 9.88 Å². The SMILES string of the molecule is CC1(C)CCCN(Cc2cccnc2NN)CC1. The third-order valence-electron chi connectivity index (χ3n) is 3.85. The highest BCUT2D eigenvalue weighted by molar-refractivity contribution is 5.42. The van der Waals surface area contributed by atoms with Gasteiger partial charge >= 0.3 is 0 Å². The Bertz CT molecular complexity index is 389. The molecule has 3 N–H and O–H groups in total. The van der Waals surface area contributed by atoms with Crippen molar-refractivity contribution in [3.8, 4) is 0 Å². The summed E-state index contributed by atoms with van der Waals surface area (Å²) in [6, 6.07) is 4.07. The zero-order valence-electron chi connectivity index (χ0n) is 11.4. The quantitative estimate of drug-likeness (QED) is 0.637. The number of nitrogen functional groups attached to an aromatic ring is 1. The van der Waals surface area contributed by atoms with Gasteiger partial charge in [0.25, 0.3) is 0 Å². The summed E-state index contributed by atoms with van der Waals surface area (Å²) < 4.78 is 0. The Morgan fingerprint density at radius 3 is 3.00 bits per heavy atom. The Morgan fingerprint density at radius 2 is 2.22 bits per heavy atom. The number of pyridine rings is 1. The van der Waals surface area contributed by atoms with Crippen LogP contribution in [0, 0.1) is 5.41 Å². The molecule has 0 atom stereocenters. The molecule has 1 fully saturated rings. The van der Waals surface area contributed by atoms with E-state index in [4.69, 9.17) is 5.84 Å². The number of hydrazine groups is 1. The second kappa shape index (κ2) is 5.67. The smallest absolute Gasteiger partial charge is 0.144 e. The summed E-state index contributed by atoms with van der Waals surface area (Å²) in [6.07, 6.45) is 5.63. The van der Waals surface area contributed by atoms with Crippen molar-refractivity contribution < 1.29 is 0 Å². The van der Waals surface area contributed by atoms with Crippen LogP contribution in [0.25, 0.3) is 0 Å². The van der Waals surface area contributed by atoms with Crippen LogP contribution in [0.3, 0.4) is 0 Å². The molecule has 0 bridgehead atoms. The van der Waals surface area contributed by atoms with Crippen LogP contribution in [-0.4, -0.2) is 23.0 Å². The molecule has 0 amide bonds. The Balaban J connectivity index is 2.01. The molecule has 0 saturated carbocycles. The zero-order chi connectivity index (χ0) is 13.0. The number of hydrogen-bond donors (Lipinski definition) is 2. The standard InChI is InChI=1S/C14H24N4/c1-14(2)6-4-9-18(10-7-14)11-12-5-3-8-16-13(12)17-15/h3,5,8H,4,6-7,9-11,15H2,1-2H3,(H,16,17). The molecule has 100 valence electrons. The first-order valence-corrected chi connectivity index (χ1v) is 6.74. The summed E-state index contributed by atoms with van der Waals surface area (Å²) in [6.45, 7) is 8.00. The molecule has 18 heavy (non-hydrogen) atoms. The van der Waals surface area contributed by atoms with E-state index >= 15 is 0 Å². The van der Waals surface area contributed by atoms with Crippen molar-refractivity contribution >= 4 is 5.82 Å². The van der Waals surface area contributed by atoms with Crippen LogP contribution in [0.15, 0.2) is 18.3 Å². The van der Waals surface area contributed by atoms with Crippen molar-refractivity contribution in [1.29, 1.82) is 0 Å². The van der Waals surface area contributed by atoms with Crippen LogP contribution < -0.4 is 11.3 Å². The van der Waals surface area contributed by atoms with Gasteiger partial charge in [0.1, 0.15) is 5.82 Å². The van der Waals surface area contributed by atoms with Gasteiger partial charge in [0.05, 0.1) is 0 Å². The van der Waals surface area contributed by atoms with Gasteiger partial charge in [-0.3, -0.25) is 4.90 Å². The van der Waals surface area contributed by atoms with Gasteiger partial charge in [0.15, 0.2) is 0 Å². The Morgan fingerprint density at radius 1 is 1.39 bits per heavy atom. The van der Waals surface area contributed by atoms with E-state index in [1.54, 1.807) is 6.20 Å². The third kappa shape index (κ3) is 3.43. The summed E-state index contributed by atoms with van der Waals surface area (Å²) in [5.74, 6) is 6.29. The number of rotatable bonds is 3. The second-order valence-electron chi connectivity index (χ2n) is 5.95. The van der Waals surface area contributed by atoms with E-state index in [1.807, 2.05) is 6.07 Å². The largest absolute Gasteiger partial charge is 0.308 e. The lowest BCUT2D eigenvalue weighted by molar-refractivity contribution is 0.256. The molecule has 4 nitrogen and oxygen atoms in total. The summed E-state index contributed by atoms with van der Waals surface area (Å²) in [5, 5.41) is 0. The lowest BCUT2D eigenvalue weighted by Gasteiger charge is -2.23. The molecular weight excluding hydrogens is 224 g/mol. The number of anilines is 1. The third-order valence-corrected chi connectivity index (χ3v) is 3.85. The Kier molecular flexibility index (Phi) is 4.19. The van der Waals surface area contributed by atoms with Crippen molar-refractivity contribution in [2.45, 2.75) is 39.7 Å². The van der Waals surface area contributed by atoms with Gasteiger partial charge in [-0.25, -0.2) is 10.8 Å². The van der Waals surface area contributed by atoms with Crippen molar-refractivity contribution in [3.63, 3.8) is 0 Å². The molecule has 0 aromatic carbocycles. The molecule has 0 spiro atoms. The maximum Gasteiger partial charge on any atom is 0.144 e. The van der Waals surface area contributed by atoms with Crippen LogP contribution in [0.5, 0.6) is 0 Å². The lowest BCUT2D eigenvalue weighted by Crippen LogP contribution is -2.26. The predicted octanol–water partition coefficient (Wildman–Crippen LogP) is 2.38. The highest BCUT2D eigenvalue weighted by atomic mass is 15.3. The number of nitrogens with two attached hydrogens (primary N) is 1. The van der Waals surface area contributed by atoms with Gasteiger partial charge in [0.2, 0.25) is 0 Å². The first-order chi connectivity index (χ1) is 8.61. The van der Waals surface area contributed by atoms with E-state index in [0.29, 0.717) is 5.41 Å². The van der Waals surface area contributed by atoms with E-state index in [1.165, 1.54) is 31.4 Å². The molecule has 0 radical (unpaired) electrons. The topological polar surface area (TPSA) is 54.2 Å². The van der Waals surface area contributed by atoms with E-state index < -0.39 is 0 Å². The van der Waals surface area contributed by atoms with Crippen molar-refractivity contribution in [2.24, 2.45) is 11.3 Å². The average Bonchev–Trinajstić information content (AvgIpc) is 2.52. The number of nitrogens with zero attached hydrogens (tertiary/aromatic N) is 2. The van der Waals surface area contributed by atoms with E-state index in [2.05, 4.69) is 35.2 Å². The van der Waals surface area contributed by atoms with E-state index in [0.717, 1.165) is 18.9 Å². The predicted molar refractivity (Wildman–Crippen MR) is 75.0 cm³/mol. The Hall–Kier alpha value is -1.13. The molecule has 2 heterocycles. The molecule has 1 aliphatic heterocycles. The average molecular weight is 248 g/mol. The van der Waals surface area contributed by atoms with Gasteiger partial charge in [-0.1, -0.05) is 19.9 Å². The lowest BCUT2D eigenvalue weighted by atomic mass is 9.85. The molecular formula is C14H24N4. The van der Waals surface area contributed by atoms with Crippen LogP contribution in [0.1, 0.15) is 38.7 Å². The monoisotopic (exact) mass is 248 g/mol. The molecule has 0 unspecified atom stereocenters. The second-order valence-corrected chi connectivity index (χ2v) is 5.95. The van der Waals surface area contributed by atoms with E-state index in [9.17, 15) is 0 Å². The highest BCUT2D eigenvalue weighted by Gasteiger charge is 2.23. The van der Waals surface area contributed by atoms with Gasteiger partial charge in [-0.05, 0) is 43.8 Å². The van der Waals surface area contributed by atoms with Crippen molar-refractivity contribution in [2.75, 3.05) is 18.5 Å². The number of aromatic nitrogens is 1. The van der Waals surface area contributed by atoms with E-state index in [-0.39, 0.29) is 0 Å².